The van der Waals surface area contributed by atoms with E-state index in [1.54, 1.807) is 0 Å². The molecule has 3 spiro atoms. The number of hydrogen-bond acceptors (Lipinski definition) is 10. The number of carbonyl (C=O) groups excluding carboxylic acids is 1. The van der Waals surface area contributed by atoms with Crippen LogP contribution < -0.4 is 0 Å². The average Bonchev–Trinajstić information content (AvgIpc) is 4.00. The minimum Gasteiger partial charge on any atom is -0.392 e. The van der Waals surface area contributed by atoms with E-state index in [1.165, 1.54) is 22.7 Å². The molecular weight excluding hydrogens is 805 g/mol. The lowest BCUT2D eigenvalue weighted by Gasteiger charge is -2.60. The zero-order chi connectivity index (χ0) is 44.7. The molecule has 5 heterocycles. The third kappa shape index (κ3) is 5.01. The molecule has 12 aliphatic rings. The highest BCUT2D eigenvalue weighted by atomic mass is 16.7. The molecule has 0 aromatic carbocycles. The second-order valence-electron chi connectivity index (χ2n) is 26.5. The van der Waals surface area contributed by atoms with E-state index < -0.39 is 34.3 Å². The molecule has 9 fully saturated rings. The summed E-state index contributed by atoms with van der Waals surface area (Å²) < 4.78 is 26.9. The average molecular weight is 881 g/mol. The molecule has 0 amide bonds. The lowest BCUT2D eigenvalue weighted by molar-refractivity contribution is -0.287. The normalized spacial score (nSPS) is 58.3. The number of rotatable bonds is 0. The van der Waals surface area contributed by atoms with Gasteiger partial charge in [0.25, 0.3) is 0 Å². The number of hydrogen-bond donors (Lipinski definition) is 3. The first-order chi connectivity index (χ1) is 30.0. The maximum atomic E-state index is 14.8. The molecule has 1 aromatic heterocycles. The van der Waals surface area contributed by atoms with E-state index in [0.29, 0.717) is 49.4 Å². The van der Waals surface area contributed by atoms with E-state index in [0.717, 1.165) is 76.3 Å². The van der Waals surface area contributed by atoms with E-state index in [-0.39, 0.29) is 82.0 Å². The van der Waals surface area contributed by atoms with Crippen LogP contribution in [0.1, 0.15) is 156 Å². The molecule has 350 valence electrons. The molecule has 10 heteroatoms. The van der Waals surface area contributed by atoms with Crippen LogP contribution in [0.2, 0.25) is 0 Å². The first-order valence-corrected chi connectivity index (χ1v) is 26.0. The van der Waals surface area contributed by atoms with Crippen molar-refractivity contribution in [2.45, 2.75) is 205 Å². The van der Waals surface area contributed by atoms with E-state index in [9.17, 15) is 20.1 Å². The van der Waals surface area contributed by atoms with Gasteiger partial charge in [0.2, 0.25) is 0 Å². The topological polar surface area (TPSA) is 140 Å². The van der Waals surface area contributed by atoms with Gasteiger partial charge >= 0.3 is 0 Å². The van der Waals surface area contributed by atoms with E-state index in [2.05, 4.69) is 54.5 Å². The number of aromatic nitrogens is 2. The first-order valence-electron chi connectivity index (χ1n) is 26.0. The summed E-state index contributed by atoms with van der Waals surface area (Å²) in [6.45, 7) is 20.2. The summed E-state index contributed by atoms with van der Waals surface area (Å²) >= 11 is 0. The van der Waals surface area contributed by atoms with Crippen LogP contribution in [0.15, 0.2) is 11.6 Å². The fourth-order valence-electron chi connectivity index (χ4n) is 19.8. The highest BCUT2D eigenvalue weighted by Gasteiger charge is 2.79. The fraction of sp³-hybridized carbons (Fsp3) is 0.870. The van der Waals surface area contributed by atoms with Gasteiger partial charge in [-0.3, -0.25) is 14.8 Å². The van der Waals surface area contributed by atoms with Crippen LogP contribution in [0.4, 0.5) is 0 Å². The van der Waals surface area contributed by atoms with Crippen molar-refractivity contribution >= 4 is 5.78 Å². The second-order valence-corrected chi connectivity index (χ2v) is 26.5. The number of nitrogens with zero attached hydrogens (tertiary/aromatic N) is 2. The van der Waals surface area contributed by atoms with Crippen LogP contribution in [-0.2, 0) is 49.4 Å². The van der Waals surface area contributed by atoms with Gasteiger partial charge in [0.05, 0.1) is 69.9 Å². The summed E-state index contributed by atoms with van der Waals surface area (Å²) in [7, 11) is 0. The van der Waals surface area contributed by atoms with Crippen molar-refractivity contribution in [1.82, 2.24) is 9.97 Å². The van der Waals surface area contributed by atoms with Crippen LogP contribution in [0.25, 0.3) is 0 Å². The molecule has 13 rings (SSSR count). The lowest BCUT2D eigenvalue weighted by Crippen LogP contribution is -2.58. The Kier molecular flexibility index (Phi) is 8.40. The SMILES string of the molecule is C[C@H]1[C@H]2[C@H](C=C3[C@@H]4CC[C@H]5Cc6nc7c(nc6C[C@]5(C)[C@H]4C[C@@H](O)[C@@]32C)C[C@@H]2CC[C@@H]3[C@H](CC(=O)[C@]34C[C@@H]3O[C@@]5(CCC(C)(C)O5)[C@@H](C)[C@@H]3[C@]4(C)O)[C@@]2(C)C7)O[C@]12CC[C@](C)(O)CO2. The summed E-state index contributed by atoms with van der Waals surface area (Å²) in [4.78, 5) is 26.0. The Labute approximate surface area is 380 Å². The predicted molar refractivity (Wildman–Crippen MR) is 237 cm³/mol. The maximum Gasteiger partial charge on any atom is 0.172 e. The quantitative estimate of drug-likeness (QED) is 0.223. The zero-order valence-electron chi connectivity index (χ0n) is 40.2. The van der Waals surface area contributed by atoms with Gasteiger partial charge in [-0.15, -0.1) is 0 Å². The molecule has 0 radical (unpaired) electrons. The summed E-state index contributed by atoms with van der Waals surface area (Å²) in [6, 6.07) is 0. The Hall–Kier alpha value is -1.79. The Bertz CT molecular complexity index is 2240. The summed E-state index contributed by atoms with van der Waals surface area (Å²) in [5, 5.41) is 36.0. The smallest absolute Gasteiger partial charge is 0.172 e. The maximum absolute atomic E-state index is 14.8. The monoisotopic (exact) mass is 881 g/mol. The molecule has 5 saturated carbocycles. The van der Waals surface area contributed by atoms with Crippen molar-refractivity contribution in [3.8, 4) is 0 Å². The number of carbonyl (C=O) groups is 1. The number of Topliss-reactive ketones (excluding diaryl/α,β-unsaturated/α-hetero) is 1. The van der Waals surface area contributed by atoms with Gasteiger partial charge in [0, 0.05) is 48.3 Å². The van der Waals surface area contributed by atoms with Crippen molar-refractivity contribution in [2.24, 2.45) is 80.8 Å². The third-order valence-electron chi connectivity index (χ3n) is 23.3. The van der Waals surface area contributed by atoms with Gasteiger partial charge in [0.1, 0.15) is 5.78 Å². The molecule has 1 aromatic rings. The van der Waals surface area contributed by atoms with E-state index in [1.807, 2.05) is 13.8 Å². The molecule has 0 bridgehead atoms. The number of fused-ring (bicyclic) bond motifs is 14. The third-order valence-corrected chi connectivity index (χ3v) is 23.3. The fourth-order valence-corrected chi connectivity index (χ4v) is 19.8. The van der Waals surface area contributed by atoms with Crippen LogP contribution >= 0.6 is 0 Å². The van der Waals surface area contributed by atoms with Gasteiger partial charge in [-0.25, -0.2) is 0 Å². The van der Waals surface area contributed by atoms with Gasteiger partial charge in [-0.1, -0.05) is 46.3 Å². The molecule has 0 unspecified atom stereocenters. The highest BCUT2D eigenvalue weighted by Crippen LogP contribution is 2.74. The minimum atomic E-state index is -1.16. The van der Waals surface area contributed by atoms with Crippen molar-refractivity contribution in [2.75, 3.05) is 6.61 Å². The van der Waals surface area contributed by atoms with Crippen molar-refractivity contribution in [3.05, 3.63) is 34.4 Å². The highest BCUT2D eigenvalue weighted by molar-refractivity contribution is 5.90. The second kappa shape index (κ2) is 12.7. The Morgan fingerprint density at radius 3 is 1.97 bits per heavy atom. The summed E-state index contributed by atoms with van der Waals surface area (Å²) in [5.41, 5.74) is 2.70. The molecule has 64 heavy (non-hydrogen) atoms. The predicted octanol–water partition coefficient (Wildman–Crippen LogP) is 7.64. The van der Waals surface area contributed by atoms with E-state index >= 15 is 0 Å². The Morgan fingerprint density at radius 1 is 0.703 bits per heavy atom. The minimum absolute atomic E-state index is 0.0132. The van der Waals surface area contributed by atoms with Crippen molar-refractivity contribution < 1.29 is 39.1 Å². The Morgan fingerprint density at radius 2 is 1.34 bits per heavy atom. The first kappa shape index (κ1) is 42.3. The van der Waals surface area contributed by atoms with Gasteiger partial charge in [0.15, 0.2) is 11.6 Å². The number of aliphatic hydroxyl groups is 3. The van der Waals surface area contributed by atoms with Gasteiger partial charge < -0.3 is 34.3 Å². The molecule has 4 saturated heterocycles. The van der Waals surface area contributed by atoms with Crippen molar-refractivity contribution in [1.29, 1.82) is 0 Å². The van der Waals surface area contributed by atoms with Crippen LogP contribution in [0, 0.1) is 80.8 Å². The largest absolute Gasteiger partial charge is 0.392 e. The number of ether oxygens (including phenoxy) is 4. The number of aliphatic hydroxyl groups excluding tert-OH is 1. The van der Waals surface area contributed by atoms with Gasteiger partial charge in [-0.05, 0) is 151 Å². The molecule has 8 aliphatic carbocycles. The van der Waals surface area contributed by atoms with Crippen molar-refractivity contribution in [3.63, 3.8) is 0 Å². The van der Waals surface area contributed by atoms with Crippen LogP contribution in [0.3, 0.4) is 0 Å². The van der Waals surface area contributed by atoms with Crippen LogP contribution in [0.5, 0.6) is 0 Å². The molecular formula is C54H76N2O8. The summed E-state index contributed by atoms with van der Waals surface area (Å²) in [5.74, 6) is 1.09. The lowest BCUT2D eigenvalue weighted by atomic mass is 9.45. The number of ketones is 1. The molecule has 10 nitrogen and oxygen atoms in total. The molecule has 4 aliphatic heterocycles. The zero-order valence-corrected chi connectivity index (χ0v) is 40.2. The standard InChI is InChI=1S/C54H76N2O8/c1-27-44-40(62-53(27)17-15-47(5,59)26-61-53)20-34-31-12-10-29-18-36-38(23-48(29,6)33(31)21-42(57)50(34,44)8)55-37-19-30-11-13-32-35(49(30,7)24-39(37)56-36)22-43(58)52(32)25-41-45(51(52,9)60)28(2)54(63-41)16-14-46(3,4)64-54/h20,27-33,35,40-42,44-45,57,59-60H,10-19,21-26H2,1-9H3/t27-,28-,29-,30-,31+,32+,33-,35-,40-,41-,42+,44-,45-,47-,48-,49-,50+,51-,52-,53+,54+/m0/s1. The van der Waals surface area contributed by atoms with Gasteiger partial charge in [-0.2, -0.15) is 0 Å². The molecule has 21 atom stereocenters. The van der Waals surface area contributed by atoms with Crippen LogP contribution in [-0.4, -0.2) is 84.4 Å². The summed E-state index contributed by atoms with van der Waals surface area (Å²) in [6.07, 6.45) is 14.7. The van der Waals surface area contributed by atoms with E-state index in [4.69, 9.17) is 28.9 Å². The molecule has 3 N–H and O–H groups in total. The Balaban J connectivity index is 0.758.